The Morgan fingerprint density at radius 2 is 1.54 bits per heavy atom. The summed E-state index contributed by atoms with van der Waals surface area (Å²) >= 11 is 0. The molecule has 0 radical (unpaired) electrons. The van der Waals surface area contributed by atoms with Crippen LogP contribution in [0.5, 0.6) is 5.75 Å². The third-order valence-electron chi connectivity index (χ3n) is 5.51. The standard InChI is InChI=1S/C28H33N2O6P/c1-2-35-27(31)14-9-19-29-28(32)26(30-21-37(33,34)36-25-12-7-4-8-13-25)20-22-15-17-24(18-16-22)23-10-5-3-6-11-23/h3-8,10-13,15-18,26,30H,2,9,14,19-21H2,1H3,(H,29,32)(H,33,34)/t26-/m0/s1. The molecule has 3 rings (SSSR count). The van der Waals surface area contributed by atoms with Gasteiger partial charge in [-0.1, -0.05) is 72.8 Å². The Morgan fingerprint density at radius 3 is 2.19 bits per heavy atom. The second kappa shape index (κ2) is 14.3. The topological polar surface area (TPSA) is 114 Å². The van der Waals surface area contributed by atoms with Crippen LogP contribution in [0.15, 0.2) is 84.9 Å². The van der Waals surface area contributed by atoms with E-state index >= 15 is 0 Å². The summed E-state index contributed by atoms with van der Waals surface area (Å²) in [6.07, 6.45) is 0.512. The van der Waals surface area contributed by atoms with Crippen LogP contribution in [-0.2, 0) is 25.3 Å². The van der Waals surface area contributed by atoms with E-state index in [-0.39, 0.29) is 30.6 Å². The van der Waals surface area contributed by atoms with Crippen LogP contribution in [0.3, 0.4) is 0 Å². The zero-order valence-corrected chi connectivity index (χ0v) is 21.7. The summed E-state index contributed by atoms with van der Waals surface area (Å²) in [5.74, 6) is -0.383. The van der Waals surface area contributed by atoms with E-state index in [2.05, 4.69) is 10.6 Å². The lowest BCUT2D eigenvalue weighted by Gasteiger charge is -2.21. The number of para-hydroxylation sites is 1. The van der Waals surface area contributed by atoms with Crippen molar-refractivity contribution in [3.05, 3.63) is 90.5 Å². The van der Waals surface area contributed by atoms with Crippen LogP contribution in [0.2, 0.25) is 0 Å². The molecule has 0 aliphatic heterocycles. The molecule has 0 bridgehead atoms. The van der Waals surface area contributed by atoms with E-state index in [4.69, 9.17) is 9.26 Å². The van der Waals surface area contributed by atoms with Gasteiger partial charge in [0.15, 0.2) is 0 Å². The van der Waals surface area contributed by atoms with Gasteiger partial charge < -0.3 is 19.5 Å². The molecule has 1 unspecified atom stereocenters. The van der Waals surface area contributed by atoms with Crippen LogP contribution < -0.4 is 15.2 Å². The maximum absolute atomic E-state index is 13.0. The third kappa shape index (κ3) is 9.84. The van der Waals surface area contributed by atoms with Crippen molar-refractivity contribution in [2.75, 3.05) is 19.4 Å². The molecule has 3 aromatic rings. The van der Waals surface area contributed by atoms with E-state index in [1.54, 1.807) is 37.3 Å². The average Bonchev–Trinajstić information content (AvgIpc) is 2.90. The Bertz CT molecular complexity index is 1170. The van der Waals surface area contributed by atoms with Crippen LogP contribution in [0.4, 0.5) is 0 Å². The highest BCUT2D eigenvalue weighted by molar-refractivity contribution is 7.53. The van der Waals surface area contributed by atoms with Crippen molar-refractivity contribution in [2.24, 2.45) is 0 Å². The van der Waals surface area contributed by atoms with Crippen molar-refractivity contribution in [2.45, 2.75) is 32.2 Å². The highest BCUT2D eigenvalue weighted by Crippen LogP contribution is 2.41. The normalized spacial score (nSPS) is 13.2. The number of benzene rings is 3. The maximum atomic E-state index is 13.0. The molecule has 0 aliphatic rings. The van der Waals surface area contributed by atoms with Crippen molar-refractivity contribution in [3.8, 4) is 16.9 Å². The van der Waals surface area contributed by atoms with Gasteiger partial charge in [0, 0.05) is 13.0 Å². The zero-order chi connectivity index (χ0) is 26.5. The Labute approximate surface area is 217 Å². The van der Waals surface area contributed by atoms with Gasteiger partial charge in [0.25, 0.3) is 0 Å². The molecule has 196 valence electrons. The molecule has 0 saturated heterocycles. The van der Waals surface area contributed by atoms with Crippen molar-refractivity contribution in [3.63, 3.8) is 0 Å². The van der Waals surface area contributed by atoms with Crippen LogP contribution in [0.1, 0.15) is 25.3 Å². The Morgan fingerprint density at radius 1 is 0.919 bits per heavy atom. The van der Waals surface area contributed by atoms with Crippen LogP contribution in [0, 0.1) is 0 Å². The smallest absolute Gasteiger partial charge is 0.390 e. The summed E-state index contributed by atoms with van der Waals surface area (Å²) in [4.78, 5) is 34.9. The number of amides is 1. The van der Waals surface area contributed by atoms with E-state index in [1.165, 1.54) is 0 Å². The molecule has 0 aliphatic carbocycles. The Hall–Kier alpha value is -3.45. The number of carbonyl (C=O) groups excluding carboxylic acids is 2. The second-order valence-corrected chi connectivity index (χ2v) is 10.2. The van der Waals surface area contributed by atoms with Crippen molar-refractivity contribution >= 4 is 19.5 Å². The predicted octanol–water partition coefficient (Wildman–Crippen LogP) is 4.54. The van der Waals surface area contributed by atoms with Crippen LogP contribution in [-0.4, -0.2) is 42.2 Å². The molecule has 9 heteroatoms. The minimum absolute atomic E-state index is 0.198. The molecule has 0 saturated carbocycles. The quantitative estimate of drug-likeness (QED) is 0.161. The lowest BCUT2D eigenvalue weighted by atomic mass is 10.0. The fourth-order valence-electron chi connectivity index (χ4n) is 3.66. The van der Waals surface area contributed by atoms with Gasteiger partial charge in [-0.25, -0.2) is 4.57 Å². The molecular formula is C28H33N2O6P. The fraction of sp³-hybridized carbons (Fsp3) is 0.286. The summed E-state index contributed by atoms with van der Waals surface area (Å²) in [6.45, 7) is 2.33. The number of rotatable bonds is 14. The van der Waals surface area contributed by atoms with Gasteiger partial charge in [-0.05, 0) is 48.6 Å². The maximum Gasteiger partial charge on any atom is 0.390 e. The van der Waals surface area contributed by atoms with Gasteiger partial charge in [-0.2, -0.15) is 0 Å². The van der Waals surface area contributed by atoms with Crippen LogP contribution in [0.25, 0.3) is 11.1 Å². The highest BCUT2D eigenvalue weighted by atomic mass is 31.2. The number of esters is 1. The molecule has 2 atom stereocenters. The van der Waals surface area contributed by atoms with Gasteiger partial charge >= 0.3 is 13.6 Å². The Kier molecular flexibility index (Phi) is 10.9. The monoisotopic (exact) mass is 524 g/mol. The molecule has 8 nitrogen and oxygen atoms in total. The molecule has 3 N–H and O–H groups in total. The van der Waals surface area contributed by atoms with E-state index in [0.29, 0.717) is 19.4 Å². The molecule has 0 spiro atoms. The first-order valence-corrected chi connectivity index (χ1v) is 14.0. The van der Waals surface area contributed by atoms with Gasteiger partial charge in [0.05, 0.1) is 12.6 Å². The summed E-state index contributed by atoms with van der Waals surface area (Å²) in [6, 6.07) is 25.4. The summed E-state index contributed by atoms with van der Waals surface area (Å²) in [5, 5.41) is 5.71. The highest BCUT2D eigenvalue weighted by Gasteiger charge is 2.26. The molecule has 0 fully saturated rings. The molecule has 0 heterocycles. The van der Waals surface area contributed by atoms with Gasteiger partial charge in [0.1, 0.15) is 12.0 Å². The lowest BCUT2D eigenvalue weighted by Crippen LogP contribution is -2.46. The van der Waals surface area contributed by atoms with Crippen molar-refractivity contribution in [1.29, 1.82) is 0 Å². The number of hydrogen-bond donors (Lipinski definition) is 3. The minimum Gasteiger partial charge on any atom is -0.466 e. The third-order valence-corrected chi connectivity index (χ3v) is 6.59. The predicted molar refractivity (Wildman–Crippen MR) is 143 cm³/mol. The number of ether oxygens (including phenoxy) is 1. The average molecular weight is 525 g/mol. The Balaban J connectivity index is 1.64. The van der Waals surface area contributed by atoms with E-state index < -0.39 is 19.9 Å². The van der Waals surface area contributed by atoms with Crippen molar-refractivity contribution < 1.29 is 28.3 Å². The zero-order valence-electron chi connectivity index (χ0n) is 20.8. The van der Waals surface area contributed by atoms with E-state index in [0.717, 1.165) is 16.7 Å². The van der Waals surface area contributed by atoms with Crippen LogP contribution >= 0.6 is 7.60 Å². The largest absolute Gasteiger partial charge is 0.466 e. The summed E-state index contributed by atoms with van der Waals surface area (Å²) in [5.41, 5.74) is 3.02. The van der Waals surface area contributed by atoms with Gasteiger partial charge in [-0.3, -0.25) is 14.9 Å². The SMILES string of the molecule is CCOC(=O)CCCNC(=O)[C@H](Cc1ccc(-c2ccccc2)cc1)NCP(=O)(O)Oc1ccccc1. The van der Waals surface area contributed by atoms with Gasteiger partial charge in [0.2, 0.25) is 5.91 Å². The first-order valence-electron chi connectivity index (χ1n) is 12.2. The second-order valence-electron chi connectivity index (χ2n) is 8.42. The fourth-order valence-corrected chi connectivity index (χ4v) is 4.63. The van der Waals surface area contributed by atoms with E-state index in [9.17, 15) is 19.0 Å². The molecular weight excluding hydrogens is 491 g/mol. The molecule has 0 aromatic heterocycles. The van der Waals surface area contributed by atoms with Crippen molar-refractivity contribution in [1.82, 2.24) is 10.6 Å². The number of nitrogens with one attached hydrogen (secondary N) is 2. The van der Waals surface area contributed by atoms with Gasteiger partial charge in [-0.15, -0.1) is 0 Å². The summed E-state index contributed by atoms with van der Waals surface area (Å²) < 4.78 is 22.8. The molecule has 1 amide bonds. The number of hydrogen-bond acceptors (Lipinski definition) is 6. The first kappa shape index (κ1) is 28.1. The minimum atomic E-state index is -4.07. The van der Waals surface area contributed by atoms with E-state index in [1.807, 2.05) is 54.6 Å². The number of carbonyl (C=O) groups is 2. The molecule has 3 aromatic carbocycles. The summed E-state index contributed by atoms with van der Waals surface area (Å²) in [7, 11) is -4.07. The lowest BCUT2D eigenvalue weighted by molar-refractivity contribution is -0.143. The first-order chi connectivity index (χ1) is 17.9. The molecule has 37 heavy (non-hydrogen) atoms.